The van der Waals surface area contributed by atoms with Gasteiger partial charge >= 0.3 is 0 Å². The molecule has 3 aromatic rings. The van der Waals surface area contributed by atoms with E-state index in [1.807, 2.05) is 24.3 Å². The number of hydrogen-bond acceptors (Lipinski definition) is 2. The summed E-state index contributed by atoms with van der Waals surface area (Å²) in [5.41, 5.74) is 3.59. The lowest BCUT2D eigenvalue weighted by molar-refractivity contribution is 0.618. The minimum absolute atomic E-state index is 0.534. The van der Waals surface area contributed by atoms with E-state index in [0.29, 0.717) is 10.9 Å². The first-order valence-corrected chi connectivity index (χ1v) is 8.09. The van der Waals surface area contributed by atoms with Crippen LogP contribution in [0.3, 0.4) is 0 Å². The monoisotopic (exact) mass is 413 g/mol. The van der Waals surface area contributed by atoms with Crippen LogP contribution >= 0.6 is 43.5 Å². The third-order valence-corrected chi connectivity index (χ3v) is 4.47. The smallest absolute Gasteiger partial charge is 0.228 e. The molecule has 0 radical (unpaired) electrons. The van der Waals surface area contributed by atoms with Gasteiger partial charge in [0.15, 0.2) is 5.58 Å². The molecule has 3 rings (SSSR count). The highest BCUT2D eigenvalue weighted by Gasteiger charge is 2.14. The fourth-order valence-corrected chi connectivity index (χ4v) is 3.36. The summed E-state index contributed by atoms with van der Waals surface area (Å²) in [6, 6.07) is 9.74. The van der Waals surface area contributed by atoms with Crippen molar-refractivity contribution in [3.8, 4) is 11.5 Å². The molecule has 0 aliphatic carbocycles. The van der Waals surface area contributed by atoms with Crippen LogP contribution in [0.5, 0.6) is 0 Å². The number of aromatic nitrogens is 1. The second-order valence-electron chi connectivity index (χ2n) is 4.42. The lowest BCUT2D eigenvalue weighted by Crippen LogP contribution is -1.81. The number of halogens is 3. The van der Waals surface area contributed by atoms with Crippen molar-refractivity contribution in [1.82, 2.24) is 4.98 Å². The van der Waals surface area contributed by atoms with E-state index in [2.05, 4.69) is 49.8 Å². The topological polar surface area (TPSA) is 26.0 Å². The fraction of sp³-hybridized carbons (Fsp3) is 0.133. The fourth-order valence-electron chi connectivity index (χ4n) is 2.03. The molecule has 1 heterocycles. The Morgan fingerprint density at radius 3 is 2.70 bits per heavy atom. The minimum atomic E-state index is 0.534. The van der Waals surface area contributed by atoms with Gasteiger partial charge in [-0.05, 0) is 58.2 Å². The average molecular weight is 416 g/mol. The van der Waals surface area contributed by atoms with E-state index in [9.17, 15) is 0 Å². The first kappa shape index (κ1) is 14.1. The Hall–Kier alpha value is -0.840. The highest BCUT2D eigenvalue weighted by atomic mass is 79.9. The van der Waals surface area contributed by atoms with E-state index in [4.69, 9.17) is 16.0 Å². The number of fused-ring (bicyclic) bond motifs is 1. The van der Waals surface area contributed by atoms with Crippen LogP contribution in [0.15, 0.2) is 43.7 Å². The Kier molecular flexibility index (Phi) is 3.89. The summed E-state index contributed by atoms with van der Waals surface area (Å²) in [6.07, 6.45) is 0.954. The third-order valence-electron chi connectivity index (χ3n) is 3.07. The van der Waals surface area contributed by atoms with Gasteiger partial charge < -0.3 is 4.42 Å². The Morgan fingerprint density at radius 1 is 1.20 bits per heavy atom. The van der Waals surface area contributed by atoms with Crippen LogP contribution in [0.1, 0.15) is 12.5 Å². The Morgan fingerprint density at radius 2 is 2.00 bits per heavy atom. The van der Waals surface area contributed by atoms with Gasteiger partial charge in [-0.15, -0.1) is 0 Å². The SMILES string of the molecule is CCc1cc(Br)c2oc(-c3ccc(Br)cc3Cl)nc2c1. The standard InChI is InChI=1S/C15H10Br2ClNO/c1-2-8-5-11(17)14-13(6-8)19-15(20-14)10-4-3-9(16)7-12(10)18/h3-7H,2H2,1H3. The molecule has 1 aromatic heterocycles. The van der Waals surface area contributed by atoms with Gasteiger partial charge in [-0.25, -0.2) is 4.98 Å². The second kappa shape index (κ2) is 5.51. The lowest BCUT2D eigenvalue weighted by Gasteiger charge is -1.99. The van der Waals surface area contributed by atoms with Crippen LogP contribution < -0.4 is 0 Å². The van der Waals surface area contributed by atoms with E-state index in [-0.39, 0.29) is 0 Å². The van der Waals surface area contributed by atoms with Crippen molar-refractivity contribution in [2.45, 2.75) is 13.3 Å². The molecule has 2 nitrogen and oxygen atoms in total. The maximum absolute atomic E-state index is 6.25. The van der Waals surface area contributed by atoms with Crippen molar-refractivity contribution >= 4 is 54.6 Å². The predicted molar refractivity (Wildman–Crippen MR) is 89.2 cm³/mol. The number of rotatable bonds is 2. The van der Waals surface area contributed by atoms with Crippen LogP contribution in [-0.4, -0.2) is 4.98 Å². The number of benzene rings is 2. The molecule has 0 aliphatic rings. The van der Waals surface area contributed by atoms with Crippen molar-refractivity contribution in [2.75, 3.05) is 0 Å². The van der Waals surface area contributed by atoms with Gasteiger partial charge in [0.1, 0.15) is 5.52 Å². The molecule has 20 heavy (non-hydrogen) atoms. The summed E-state index contributed by atoms with van der Waals surface area (Å²) >= 11 is 13.2. The molecular weight excluding hydrogens is 405 g/mol. The average Bonchev–Trinajstić information content (AvgIpc) is 2.82. The zero-order valence-electron chi connectivity index (χ0n) is 10.6. The van der Waals surface area contributed by atoms with Gasteiger partial charge in [-0.1, -0.05) is 34.5 Å². The maximum atomic E-state index is 6.25. The first-order valence-electron chi connectivity index (χ1n) is 6.13. The number of aryl methyl sites for hydroxylation is 1. The van der Waals surface area contributed by atoms with Crippen molar-refractivity contribution < 1.29 is 4.42 Å². The molecule has 0 spiro atoms. The summed E-state index contributed by atoms with van der Waals surface area (Å²) in [5, 5.41) is 0.609. The largest absolute Gasteiger partial charge is 0.435 e. The van der Waals surface area contributed by atoms with Gasteiger partial charge in [0.25, 0.3) is 0 Å². The molecule has 0 unspecified atom stereocenters. The molecule has 0 saturated carbocycles. The lowest BCUT2D eigenvalue weighted by atomic mass is 10.1. The van der Waals surface area contributed by atoms with E-state index in [1.165, 1.54) is 5.56 Å². The quantitative estimate of drug-likeness (QED) is 0.495. The molecule has 0 aliphatic heterocycles. The van der Waals surface area contributed by atoms with Crippen molar-refractivity contribution in [2.24, 2.45) is 0 Å². The summed E-state index contributed by atoms with van der Waals surface area (Å²) in [7, 11) is 0. The van der Waals surface area contributed by atoms with Gasteiger partial charge in [0, 0.05) is 4.47 Å². The summed E-state index contributed by atoms with van der Waals surface area (Å²) in [5.74, 6) is 0.534. The van der Waals surface area contributed by atoms with Crippen LogP contribution in [0, 0.1) is 0 Å². The van der Waals surface area contributed by atoms with Crippen LogP contribution in [-0.2, 0) is 6.42 Å². The molecule has 0 fully saturated rings. The molecule has 0 amide bonds. The normalized spacial score (nSPS) is 11.2. The second-order valence-corrected chi connectivity index (χ2v) is 6.60. The van der Waals surface area contributed by atoms with Crippen LogP contribution in [0.4, 0.5) is 0 Å². The zero-order valence-corrected chi connectivity index (χ0v) is 14.5. The van der Waals surface area contributed by atoms with Gasteiger partial charge in [0.2, 0.25) is 5.89 Å². The van der Waals surface area contributed by atoms with Gasteiger partial charge in [-0.3, -0.25) is 0 Å². The highest BCUT2D eigenvalue weighted by Crippen LogP contribution is 2.34. The molecular formula is C15H10Br2ClNO. The van der Waals surface area contributed by atoms with E-state index in [0.717, 1.165) is 32.0 Å². The molecule has 102 valence electrons. The van der Waals surface area contributed by atoms with E-state index in [1.54, 1.807) is 0 Å². The van der Waals surface area contributed by atoms with Crippen LogP contribution in [0.2, 0.25) is 5.02 Å². The summed E-state index contributed by atoms with van der Waals surface area (Å²) in [4.78, 5) is 4.55. The van der Waals surface area contributed by atoms with E-state index < -0.39 is 0 Å². The molecule has 0 saturated heterocycles. The third kappa shape index (κ3) is 2.52. The van der Waals surface area contributed by atoms with Crippen molar-refractivity contribution in [1.29, 1.82) is 0 Å². The summed E-state index contributed by atoms with van der Waals surface area (Å²) < 4.78 is 7.69. The number of nitrogens with zero attached hydrogens (tertiary/aromatic N) is 1. The van der Waals surface area contributed by atoms with Crippen LogP contribution in [0.25, 0.3) is 22.6 Å². The molecule has 5 heteroatoms. The van der Waals surface area contributed by atoms with Gasteiger partial charge in [0.05, 0.1) is 15.1 Å². The molecule has 0 N–H and O–H groups in total. The minimum Gasteiger partial charge on any atom is -0.435 e. The Labute approximate surface area is 138 Å². The Bertz CT molecular complexity index is 798. The highest BCUT2D eigenvalue weighted by molar-refractivity contribution is 9.11. The zero-order chi connectivity index (χ0) is 14.3. The number of oxazole rings is 1. The van der Waals surface area contributed by atoms with Crippen molar-refractivity contribution in [3.63, 3.8) is 0 Å². The number of hydrogen-bond donors (Lipinski definition) is 0. The van der Waals surface area contributed by atoms with Gasteiger partial charge in [-0.2, -0.15) is 0 Å². The maximum Gasteiger partial charge on any atom is 0.228 e. The molecule has 0 bridgehead atoms. The Balaban J connectivity index is 2.20. The molecule has 0 atom stereocenters. The summed E-state index contributed by atoms with van der Waals surface area (Å²) in [6.45, 7) is 2.11. The first-order chi connectivity index (χ1) is 9.58. The van der Waals surface area contributed by atoms with Crippen molar-refractivity contribution in [3.05, 3.63) is 49.9 Å². The predicted octanol–water partition coefficient (Wildman–Crippen LogP) is 6.24. The molecule has 2 aromatic carbocycles. The van der Waals surface area contributed by atoms with E-state index >= 15 is 0 Å².